The fourth-order valence-electron chi connectivity index (χ4n) is 1.48. The number of ether oxygens (including phenoxy) is 1. The molecule has 0 saturated heterocycles. The van der Waals surface area contributed by atoms with Crippen LogP contribution in [0.3, 0.4) is 0 Å². The van der Waals surface area contributed by atoms with Crippen molar-refractivity contribution in [3.63, 3.8) is 0 Å². The molecule has 0 radical (unpaired) electrons. The Balaban J connectivity index is 1.90. The zero-order valence-electron chi connectivity index (χ0n) is 10.1. The van der Waals surface area contributed by atoms with Gasteiger partial charge in [-0.1, -0.05) is 6.07 Å². The molecular weight excluding hydrogens is 216 g/mol. The fraction of sp³-hybridized carbons (Fsp3) is 0.333. The van der Waals surface area contributed by atoms with Crippen LogP contribution in [0.15, 0.2) is 30.7 Å². The largest absolute Gasteiger partial charge is 0.484 e. The van der Waals surface area contributed by atoms with Gasteiger partial charge in [0.1, 0.15) is 6.61 Å². The molecule has 0 spiro atoms. The SMILES string of the molecule is CNCc1ccc(COc2cnn(C)c2)nc1. The molecule has 0 saturated carbocycles. The van der Waals surface area contributed by atoms with Gasteiger partial charge >= 0.3 is 0 Å². The Bertz CT molecular complexity index is 464. The summed E-state index contributed by atoms with van der Waals surface area (Å²) in [6, 6.07) is 4.02. The maximum atomic E-state index is 5.55. The first-order valence-corrected chi connectivity index (χ1v) is 5.48. The summed E-state index contributed by atoms with van der Waals surface area (Å²) in [6.45, 7) is 1.29. The van der Waals surface area contributed by atoms with Gasteiger partial charge in [-0.3, -0.25) is 9.67 Å². The van der Waals surface area contributed by atoms with Crippen molar-refractivity contribution in [1.82, 2.24) is 20.1 Å². The van der Waals surface area contributed by atoms with Gasteiger partial charge in [0.05, 0.1) is 18.1 Å². The topological polar surface area (TPSA) is 52.0 Å². The van der Waals surface area contributed by atoms with E-state index in [0.717, 1.165) is 23.6 Å². The van der Waals surface area contributed by atoms with E-state index < -0.39 is 0 Å². The van der Waals surface area contributed by atoms with Crippen molar-refractivity contribution in [2.24, 2.45) is 7.05 Å². The second-order valence-corrected chi connectivity index (χ2v) is 3.83. The Hall–Kier alpha value is -1.88. The van der Waals surface area contributed by atoms with Gasteiger partial charge in [0.2, 0.25) is 0 Å². The molecule has 2 aromatic rings. The van der Waals surface area contributed by atoms with Gasteiger partial charge in [0.15, 0.2) is 5.75 Å². The van der Waals surface area contributed by atoms with Gasteiger partial charge in [-0.2, -0.15) is 5.10 Å². The van der Waals surface area contributed by atoms with Crippen molar-refractivity contribution < 1.29 is 4.74 Å². The monoisotopic (exact) mass is 232 g/mol. The van der Waals surface area contributed by atoms with E-state index in [1.165, 1.54) is 0 Å². The van der Waals surface area contributed by atoms with Crippen molar-refractivity contribution in [2.45, 2.75) is 13.2 Å². The quantitative estimate of drug-likeness (QED) is 0.839. The van der Waals surface area contributed by atoms with E-state index in [-0.39, 0.29) is 0 Å². The molecule has 0 aliphatic rings. The Morgan fingerprint density at radius 3 is 2.82 bits per heavy atom. The molecule has 0 aromatic carbocycles. The van der Waals surface area contributed by atoms with Crippen LogP contribution in [0.1, 0.15) is 11.3 Å². The van der Waals surface area contributed by atoms with Gasteiger partial charge in [0, 0.05) is 19.8 Å². The van der Waals surface area contributed by atoms with Crippen LogP contribution < -0.4 is 10.1 Å². The number of hydrogen-bond donors (Lipinski definition) is 1. The molecular formula is C12H16N4O. The van der Waals surface area contributed by atoms with E-state index in [2.05, 4.69) is 15.4 Å². The van der Waals surface area contributed by atoms with Gasteiger partial charge in [-0.05, 0) is 18.7 Å². The number of pyridine rings is 1. The molecule has 0 fully saturated rings. The zero-order chi connectivity index (χ0) is 12.1. The molecule has 5 nitrogen and oxygen atoms in total. The molecule has 0 amide bonds. The van der Waals surface area contributed by atoms with Crippen LogP contribution in [-0.2, 0) is 20.2 Å². The second kappa shape index (κ2) is 5.45. The van der Waals surface area contributed by atoms with E-state index in [9.17, 15) is 0 Å². The van der Waals surface area contributed by atoms with E-state index >= 15 is 0 Å². The van der Waals surface area contributed by atoms with Crippen molar-refractivity contribution in [1.29, 1.82) is 0 Å². The summed E-state index contributed by atoms with van der Waals surface area (Å²) >= 11 is 0. The van der Waals surface area contributed by atoms with Crippen LogP contribution in [-0.4, -0.2) is 21.8 Å². The Kier molecular flexibility index (Phi) is 3.72. The van der Waals surface area contributed by atoms with Crippen LogP contribution in [0.4, 0.5) is 0 Å². The minimum absolute atomic E-state index is 0.464. The minimum Gasteiger partial charge on any atom is -0.484 e. The molecule has 2 heterocycles. The second-order valence-electron chi connectivity index (χ2n) is 3.83. The Morgan fingerprint density at radius 1 is 1.35 bits per heavy atom. The first kappa shape index (κ1) is 11.6. The molecule has 0 unspecified atom stereocenters. The highest BCUT2D eigenvalue weighted by atomic mass is 16.5. The maximum Gasteiger partial charge on any atom is 0.157 e. The summed E-state index contributed by atoms with van der Waals surface area (Å²) in [4.78, 5) is 4.33. The highest BCUT2D eigenvalue weighted by Gasteiger charge is 1.99. The molecule has 17 heavy (non-hydrogen) atoms. The predicted molar refractivity (Wildman–Crippen MR) is 64.5 cm³/mol. The van der Waals surface area contributed by atoms with Gasteiger partial charge in [-0.25, -0.2) is 0 Å². The highest BCUT2D eigenvalue weighted by Crippen LogP contribution is 2.09. The summed E-state index contributed by atoms with van der Waals surface area (Å²) in [6.07, 6.45) is 5.38. The first-order chi connectivity index (χ1) is 8.28. The molecule has 0 aliphatic heterocycles. The number of nitrogens with zero attached hydrogens (tertiary/aromatic N) is 3. The number of rotatable bonds is 5. The van der Waals surface area contributed by atoms with E-state index in [1.54, 1.807) is 10.9 Å². The maximum absolute atomic E-state index is 5.55. The molecule has 0 bridgehead atoms. The van der Waals surface area contributed by atoms with Gasteiger partial charge in [0.25, 0.3) is 0 Å². The van der Waals surface area contributed by atoms with Crippen LogP contribution in [0.5, 0.6) is 5.75 Å². The number of aromatic nitrogens is 3. The zero-order valence-corrected chi connectivity index (χ0v) is 10.1. The van der Waals surface area contributed by atoms with Gasteiger partial charge < -0.3 is 10.1 Å². The Labute approximate surface area is 100 Å². The lowest BCUT2D eigenvalue weighted by atomic mass is 10.2. The smallest absolute Gasteiger partial charge is 0.157 e. The molecule has 2 rings (SSSR count). The third kappa shape index (κ3) is 3.29. The lowest BCUT2D eigenvalue weighted by molar-refractivity contribution is 0.301. The standard InChI is InChI=1S/C12H16N4O/c1-13-5-10-3-4-11(14-6-10)9-17-12-7-15-16(2)8-12/h3-4,6-8,13H,5,9H2,1-2H3. The lowest BCUT2D eigenvalue weighted by Gasteiger charge is -2.04. The molecule has 5 heteroatoms. The first-order valence-electron chi connectivity index (χ1n) is 5.48. The number of aryl methyl sites for hydroxylation is 1. The van der Waals surface area contributed by atoms with E-state index in [4.69, 9.17) is 4.74 Å². The molecule has 1 N–H and O–H groups in total. The summed E-state index contributed by atoms with van der Waals surface area (Å²) in [7, 11) is 3.77. The van der Waals surface area contributed by atoms with E-state index in [1.807, 2.05) is 38.6 Å². The third-order valence-corrected chi connectivity index (χ3v) is 2.33. The molecule has 2 aromatic heterocycles. The normalized spacial score (nSPS) is 10.5. The number of nitrogens with one attached hydrogen (secondary N) is 1. The van der Waals surface area contributed by atoms with E-state index in [0.29, 0.717) is 6.61 Å². The summed E-state index contributed by atoms with van der Waals surface area (Å²) in [5, 5.41) is 7.11. The van der Waals surface area contributed by atoms with Crippen molar-refractivity contribution in [3.05, 3.63) is 42.0 Å². The van der Waals surface area contributed by atoms with Crippen molar-refractivity contribution in [3.8, 4) is 5.75 Å². The summed E-state index contributed by atoms with van der Waals surface area (Å²) in [5.74, 6) is 0.758. The average molecular weight is 232 g/mol. The fourth-order valence-corrected chi connectivity index (χ4v) is 1.48. The molecule has 0 atom stereocenters. The van der Waals surface area contributed by atoms with Gasteiger partial charge in [-0.15, -0.1) is 0 Å². The third-order valence-electron chi connectivity index (χ3n) is 2.33. The molecule has 90 valence electrons. The number of hydrogen-bond acceptors (Lipinski definition) is 4. The van der Waals surface area contributed by atoms with Crippen LogP contribution >= 0.6 is 0 Å². The van der Waals surface area contributed by atoms with Crippen LogP contribution in [0.25, 0.3) is 0 Å². The summed E-state index contributed by atoms with van der Waals surface area (Å²) < 4.78 is 7.26. The average Bonchev–Trinajstić information content (AvgIpc) is 2.75. The highest BCUT2D eigenvalue weighted by molar-refractivity contribution is 5.15. The minimum atomic E-state index is 0.464. The van der Waals surface area contributed by atoms with Crippen LogP contribution in [0.2, 0.25) is 0 Å². The van der Waals surface area contributed by atoms with Crippen molar-refractivity contribution in [2.75, 3.05) is 7.05 Å². The lowest BCUT2D eigenvalue weighted by Crippen LogP contribution is -2.06. The van der Waals surface area contributed by atoms with Crippen LogP contribution in [0, 0.1) is 0 Å². The molecule has 0 aliphatic carbocycles. The Morgan fingerprint density at radius 2 is 2.24 bits per heavy atom. The van der Waals surface area contributed by atoms with Crippen molar-refractivity contribution >= 4 is 0 Å². The predicted octanol–water partition coefficient (Wildman–Crippen LogP) is 1.11. The summed E-state index contributed by atoms with van der Waals surface area (Å²) in [5.41, 5.74) is 2.08.